The molecule has 0 radical (unpaired) electrons. The number of amidine groups is 1. The molecule has 1 saturated heterocycles. The van der Waals surface area contributed by atoms with E-state index in [0.29, 0.717) is 17.9 Å². The van der Waals surface area contributed by atoms with E-state index in [1.807, 2.05) is 36.2 Å². The monoisotopic (exact) mass is 475 g/mol. The molecule has 1 saturated carbocycles. The van der Waals surface area contributed by atoms with Crippen LogP contribution < -0.4 is 5.32 Å². The highest BCUT2D eigenvalue weighted by molar-refractivity contribution is 9.10. The number of hydrogen-bond acceptors (Lipinski definition) is 3. The molecule has 0 spiro atoms. The normalized spacial score (nSPS) is 22.7. The molecule has 2 aromatic carbocycles. The van der Waals surface area contributed by atoms with E-state index in [-0.39, 0.29) is 22.6 Å². The van der Waals surface area contributed by atoms with Gasteiger partial charge in [0.25, 0.3) is 10.0 Å². The molecular weight excluding hydrogens is 454 g/mol. The van der Waals surface area contributed by atoms with Crippen molar-refractivity contribution in [2.75, 3.05) is 18.9 Å². The largest absolute Gasteiger partial charge is 0.362 e. The van der Waals surface area contributed by atoms with Crippen molar-refractivity contribution in [3.63, 3.8) is 0 Å². The summed E-state index contributed by atoms with van der Waals surface area (Å²) < 4.78 is 30.0. The molecule has 1 N–H and O–H groups in total. The van der Waals surface area contributed by atoms with E-state index < -0.39 is 10.0 Å². The fourth-order valence-electron chi connectivity index (χ4n) is 3.64. The lowest BCUT2D eigenvalue weighted by Crippen LogP contribution is -2.20. The van der Waals surface area contributed by atoms with Gasteiger partial charge in [-0.15, -0.1) is 4.40 Å². The van der Waals surface area contributed by atoms with Gasteiger partial charge in [0.05, 0.1) is 4.90 Å². The van der Waals surface area contributed by atoms with Crippen LogP contribution in [0.1, 0.15) is 30.7 Å². The molecule has 2 aromatic rings. The number of anilines is 1. The first-order chi connectivity index (χ1) is 13.8. The van der Waals surface area contributed by atoms with Crippen LogP contribution in [-0.2, 0) is 14.8 Å². The summed E-state index contributed by atoms with van der Waals surface area (Å²) >= 11 is 3.46. The Kier molecular flexibility index (Phi) is 5.48. The van der Waals surface area contributed by atoms with Gasteiger partial charge in [0.2, 0.25) is 5.91 Å². The highest BCUT2D eigenvalue weighted by atomic mass is 79.9. The van der Waals surface area contributed by atoms with Gasteiger partial charge in [-0.2, -0.15) is 8.42 Å². The molecule has 2 fully saturated rings. The number of rotatable bonds is 5. The van der Waals surface area contributed by atoms with Crippen molar-refractivity contribution in [2.45, 2.75) is 30.1 Å². The van der Waals surface area contributed by atoms with E-state index in [4.69, 9.17) is 0 Å². The summed E-state index contributed by atoms with van der Waals surface area (Å²) in [6.45, 7) is 0.821. The van der Waals surface area contributed by atoms with Crippen LogP contribution in [0.15, 0.2) is 62.3 Å². The lowest BCUT2D eigenvalue weighted by molar-refractivity contribution is -0.117. The van der Waals surface area contributed by atoms with Crippen LogP contribution >= 0.6 is 15.9 Å². The molecule has 2 atom stereocenters. The van der Waals surface area contributed by atoms with Crippen LogP contribution in [-0.4, -0.2) is 38.7 Å². The number of carbonyl (C=O) groups excluding carboxylic acids is 1. The zero-order chi connectivity index (χ0) is 20.6. The van der Waals surface area contributed by atoms with Crippen molar-refractivity contribution in [1.29, 1.82) is 0 Å². The van der Waals surface area contributed by atoms with Crippen LogP contribution in [0.2, 0.25) is 0 Å². The summed E-state index contributed by atoms with van der Waals surface area (Å²) in [5.74, 6) is 0.719. The Labute approximate surface area is 179 Å². The van der Waals surface area contributed by atoms with Gasteiger partial charge in [0.1, 0.15) is 5.84 Å². The minimum Gasteiger partial charge on any atom is -0.362 e. The SMILES string of the molecule is CN1CCC/C1=N\S(=O)(=O)c1ccc(NC(=O)C2CC2c2cccc(Br)c2)cc1. The van der Waals surface area contributed by atoms with Crippen LogP contribution in [0.25, 0.3) is 0 Å². The summed E-state index contributed by atoms with van der Waals surface area (Å²) in [5, 5.41) is 2.89. The van der Waals surface area contributed by atoms with Crippen molar-refractivity contribution >= 4 is 43.4 Å². The van der Waals surface area contributed by atoms with Crippen molar-refractivity contribution in [1.82, 2.24) is 4.90 Å². The maximum atomic E-state index is 12.5. The Morgan fingerprint density at radius 2 is 1.97 bits per heavy atom. The average molecular weight is 476 g/mol. The van der Waals surface area contributed by atoms with E-state index in [1.54, 1.807) is 12.1 Å². The summed E-state index contributed by atoms with van der Waals surface area (Å²) in [7, 11) is -1.90. The standard InChI is InChI=1S/C21H22BrN3O3S/c1-25-11-3-6-20(25)24-29(27,28)17-9-7-16(8-10-17)23-21(26)19-13-18(19)14-4-2-5-15(22)12-14/h2,4-5,7-10,12,18-19H,3,6,11,13H2,1H3,(H,23,26)/b24-20+. The first-order valence-electron chi connectivity index (χ1n) is 9.55. The van der Waals surface area contributed by atoms with E-state index in [2.05, 4.69) is 25.6 Å². The van der Waals surface area contributed by atoms with Gasteiger partial charge in [0.15, 0.2) is 0 Å². The number of sulfonamides is 1. The number of nitrogens with one attached hydrogen (secondary N) is 1. The van der Waals surface area contributed by atoms with Crippen molar-refractivity contribution in [3.05, 3.63) is 58.6 Å². The molecule has 0 bridgehead atoms. The zero-order valence-electron chi connectivity index (χ0n) is 16.0. The van der Waals surface area contributed by atoms with Crippen LogP contribution in [0.4, 0.5) is 5.69 Å². The molecule has 152 valence electrons. The molecule has 1 amide bonds. The Balaban J connectivity index is 1.40. The first kappa shape index (κ1) is 20.1. The number of amides is 1. The maximum Gasteiger partial charge on any atom is 0.283 e. The minimum atomic E-state index is -3.75. The third kappa shape index (κ3) is 4.53. The van der Waals surface area contributed by atoms with E-state index >= 15 is 0 Å². The number of likely N-dealkylation sites (tertiary alicyclic amines) is 1. The summed E-state index contributed by atoms with van der Waals surface area (Å²) in [6, 6.07) is 14.2. The summed E-state index contributed by atoms with van der Waals surface area (Å²) in [6.07, 6.45) is 2.40. The van der Waals surface area contributed by atoms with Crippen LogP contribution in [0.5, 0.6) is 0 Å². The Bertz CT molecular complexity index is 1070. The molecule has 1 heterocycles. The van der Waals surface area contributed by atoms with Gasteiger partial charge >= 0.3 is 0 Å². The lowest BCUT2D eigenvalue weighted by Gasteiger charge is -2.11. The molecule has 8 heteroatoms. The van der Waals surface area contributed by atoms with Gasteiger partial charge in [-0.1, -0.05) is 28.1 Å². The van der Waals surface area contributed by atoms with Gasteiger partial charge in [-0.05, 0) is 60.7 Å². The Hall–Kier alpha value is -2.19. The molecule has 2 unspecified atom stereocenters. The maximum absolute atomic E-state index is 12.5. The molecule has 1 aliphatic carbocycles. The molecule has 1 aliphatic heterocycles. The highest BCUT2D eigenvalue weighted by Crippen LogP contribution is 2.48. The predicted octanol–water partition coefficient (Wildman–Crippen LogP) is 4.00. The molecule has 0 aromatic heterocycles. The van der Waals surface area contributed by atoms with Crippen LogP contribution in [0.3, 0.4) is 0 Å². The molecule has 4 rings (SSSR count). The highest BCUT2D eigenvalue weighted by Gasteiger charge is 2.44. The quantitative estimate of drug-likeness (QED) is 0.708. The smallest absolute Gasteiger partial charge is 0.283 e. The topological polar surface area (TPSA) is 78.8 Å². The first-order valence-corrected chi connectivity index (χ1v) is 11.8. The van der Waals surface area contributed by atoms with Crippen molar-refractivity contribution < 1.29 is 13.2 Å². The van der Waals surface area contributed by atoms with Crippen LogP contribution in [0, 0.1) is 5.92 Å². The minimum absolute atomic E-state index is 0.0431. The average Bonchev–Trinajstić information content (AvgIpc) is 3.40. The summed E-state index contributed by atoms with van der Waals surface area (Å²) in [5.41, 5.74) is 1.73. The number of carbonyl (C=O) groups is 1. The van der Waals surface area contributed by atoms with E-state index in [9.17, 15) is 13.2 Å². The number of hydrogen-bond donors (Lipinski definition) is 1. The fraction of sp³-hybridized carbons (Fsp3) is 0.333. The number of benzene rings is 2. The van der Waals surface area contributed by atoms with Gasteiger partial charge in [0, 0.05) is 36.1 Å². The van der Waals surface area contributed by atoms with Gasteiger partial charge in [-0.3, -0.25) is 4.79 Å². The second-order valence-corrected chi connectivity index (χ2v) is 10.0. The number of halogens is 1. The van der Waals surface area contributed by atoms with Crippen molar-refractivity contribution in [2.24, 2.45) is 10.3 Å². The van der Waals surface area contributed by atoms with E-state index in [0.717, 1.165) is 29.4 Å². The molecule has 6 nitrogen and oxygen atoms in total. The predicted molar refractivity (Wildman–Crippen MR) is 117 cm³/mol. The Morgan fingerprint density at radius 1 is 1.21 bits per heavy atom. The molecule has 29 heavy (non-hydrogen) atoms. The third-order valence-corrected chi connectivity index (χ3v) is 7.20. The van der Waals surface area contributed by atoms with Gasteiger partial charge in [-0.25, -0.2) is 0 Å². The third-order valence-electron chi connectivity index (χ3n) is 5.38. The number of nitrogens with zero attached hydrogens (tertiary/aromatic N) is 2. The Morgan fingerprint density at radius 3 is 2.62 bits per heavy atom. The van der Waals surface area contributed by atoms with E-state index in [1.165, 1.54) is 12.1 Å². The molecule has 2 aliphatic rings. The second kappa shape index (κ2) is 7.91. The zero-order valence-corrected chi connectivity index (χ0v) is 18.4. The van der Waals surface area contributed by atoms with Gasteiger partial charge < -0.3 is 10.2 Å². The van der Waals surface area contributed by atoms with Crippen molar-refractivity contribution in [3.8, 4) is 0 Å². The lowest BCUT2D eigenvalue weighted by atomic mass is 10.1. The second-order valence-electron chi connectivity index (χ2n) is 7.53. The fourth-order valence-corrected chi connectivity index (χ4v) is 5.15. The summed E-state index contributed by atoms with van der Waals surface area (Å²) in [4.78, 5) is 14.5. The molecular formula is C21H22BrN3O3S.